The summed E-state index contributed by atoms with van der Waals surface area (Å²) in [4.78, 5) is 17.3. The Bertz CT molecular complexity index is 1190. The molecule has 3 aromatic carbocycles. The number of anilines is 1. The fourth-order valence-electron chi connectivity index (χ4n) is 4.28. The van der Waals surface area contributed by atoms with Crippen molar-refractivity contribution < 1.29 is 9.53 Å². The van der Waals surface area contributed by atoms with Crippen LogP contribution in [-0.4, -0.2) is 48.7 Å². The van der Waals surface area contributed by atoms with Crippen molar-refractivity contribution >= 4 is 23.3 Å². The summed E-state index contributed by atoms with van der Waals surface area (Å²) in [7, 11) is 1.84. The third-order valence-electron chi connectivity index (χ3n) is 6.34. The fraction of sp³-hybridized carbons (Fsp3) is 0.250. The van der Waals surface area contributed by atoms with Crippen LogP contribution in [0.3, 0.4) is 0 Å². The van der Waals surface area contributed by atoms with E-state index < -0.39 is 6.04 Å². The highest BCUT2D eigenvalue weighted by molar-refractivity contribution is 5.97. The molecule has 1 saturated heterocycles. The van der Waals surface area contributed by atoms with Crippen LogP contribution in [0.5, 0.6) is 5.75 Å². The molecule has 1 aliphatic rings. The lowest BCUT2D eigenvalue weighted by Crippen LogP contribution is -2.43. The summed E-state index contributed by atoms with van der Waals surface area (Å²) >= 11 is 0. The Morgan fingerprint density at radius 2 is 1.66 bits per heavy atom. The lowest BCUT2D eigenvalue weighted by Gasteiger charge is -2.29. The molecule has 0 saturated carbocycles. The third kappa shape index (κ3) is 5.87. The first-order valence-electron chi connectivity index (χ1n) is 11.8. The number of likely N-dealkylation sites (N-methyl/N-ethyl adjacent to an activating group) is 1. The zero-order chi connectivity index (χ0) is 24.8. The molecule has 4 N–H and O–H groups in total. The van der Waals surface area contributed by atoms with Gasteiger partial charge < -0.3 is 20.3 Å². The Morgan fingerprint density at radius 3 is 2.31 bits per heavy atom. The standard InChI is InChI=1S/C28H31N5O2/c1-32(23-11-7-10-22(19-23)26(29)30)25(18-20-8-3-2-4-9-20)28(34)35-24-14-12-21(13-15-24)27(31)33-16-5-6-17-33/h2-4,7-15,19,25,31H,5-6,16-18H2,1H3,(H3,29,30)/t25-/m0/s1. The van der Waals surface area contributed by atoms with E-state index in [0.29, 0.717) is 23.6 Å². The summed E-state index contributed by atoms with van der Waals surface area (Å²) in [6, 6.07) is 23.6. The van der Waals surface area contributed by atoms with E-state index in [1.165, 1.54) is 0 Å². The van der Waals surface area contributed by atoms with Crippen molar-refractivity contribution in [3.8, 4) is 5.75 Å². The molecule has 7 nitrogen and oxygen atoms in total. The van der Waals surface area contributed by atoms with E-state index in [2.05, 4.69) is 4.90 Å². The number of nitrogens with two attached hydrogens (primary N) is 1. The predicted octanol–water partition coefficient (Wildman–Crippen LogP) is 4.04. The van der Waals surface area contributed by atoms with Crippen LogP contribution in [0.25, 0.3) is 0 Å². The molecule has 35 heavy (non-hydrogen) atoms. The smallest absolute Gasteiger partial charge is 0.334 e. The highest BCUT2D eigenvalue weighted by Crippen LogP contribution is 2.22. The molecule has 0 amide bonds. The SMILES string of the molecule is CN(c1cccc(C(=N)N)c1)[C@@H](Cc1ccccc1)C(=O)Oc1ccc(C(=N)N2CCCC2)cc1. The molecule has 3 aromatic rings. The first-order valence-corrected chi connectivity index (χ1v) is 11.8. The molecule has 0 aliphatic carbocycles. The molecule has 0 radical (unpaired) electrons. The number of hydrogen-bond donors (Lipinski definition) is 3. The number of carbonyl (C=O) groups excluding carboxylic acids is 1. The lowest BCUT2D eigenvalue weighted by atomic mass is 10.0. The van der Waals surface area contributed by atoms with Gasteiger partial charge in [-0.05, 0) is 54.8 Å². The number of ether oxygens (including phenoxy) is 1. The maximum absolute atomic E-state index is 13.4. The minimum absolute atomic E-state index is 0.0259. The number of carbonyl (C=O) groups is 1. The van der Waals surface area contributed by atoms with E-state index in [-0.39, 0.29) is 11.8 Å². The van der Waals surface area contributed by atoms with Crippen LogP contribution < -0.4 is 15.4 Å². The van der Waals surface area contributed by atoms with E-state index in [1.54, 1.807) is 24.3 Å². The van der Waals surface area contributed by atoms with Crippen LogP contribution in [-0.2, 0) is 11.2 Å². The van der Waals surface area contributed by atoms with Crippen LogP contribution in [0.4, 0.5) is 5.69 Å². The van der Waals surface area contributed by atoms with Gasteiger partial charge in [-0.25, -0.2) is 4.79 Å². The average molecular weight is 470 g/mol. The second-order valence-electron chi connectivity index (χ2n) is 8.77. The molecule has 0 unspecified atom stereocenters. The Kier molecular flexibility index (Phi) is 7.45. The third-order valence-corrected chi connectivity index (χ3v) is 6.34. The van der Waals surface area contributed by atoms with Crippen molar-refractivity contribution in [2.75, 3.05) is 25.0 Å². The first kappa shape index (κ1) is 24.0. The molecule has 0 aromatic heterocycles. The van der Waals surface area contributed by atoms with Crippen molar-refractivity contribution in [2.24, 2.45) is 5.73 Å². The number of amidine groups is 2. The second-order valence-corrected chi connectivity index (χ2v) is 8.77. The molecular formula is C28H31N5O2. The number of nitrogens with one attached hydrogen (secondary N) is 2. The van der Waals surface area contributed by atoms with E-state index in [0.717, 1.165) is 42.7 Å². The lowest BCUT2D eigenvalue weighted by molar-refractivity contribution is -0.135. The van der Waals surface area contributed by atoms with Gasteiger partial charge in [0.05, 0.1) is 0 Å². The minimum atomic E-state index is -0.595. The monoisotopic (exact) mass is 469 g/mol. The minimum Gasteiger partial charge on any atom is -0.425 e. The maximum Gasteiger partial charge on any atom is 0.334 e. The van der Waals surface area contributed by atoms with Crippen LogP contribution in [0.2, 0.25) is 0 Å². The number of rotatable bonds is 8. The zero-order valence-corrected chi connectivity index (χ0v) is 19.9. The van der Waals surface area contributed by atoms with Crippen LogP contribution in [0.15, 0.2) is 78.9 Å². The molecule has 180 valence electrons. The van der Waals surface area contributed by atoms with E-state index >= 15 is 0 Å². The highest BCUT2D eigenvalue weighted by atomic mass is 16.5. The fourth-order valence-corrected chi connectivity index (χ4v) is 4.28. The van der Waals surface area contributed by atoms with Gasteiger partial charge in [0.2, 0.25) is 0 Å². The Hall–Kier alpha value is -4.13. The Labute approximate surface area is 206 Å². The normalized spacial score (nSPS) is 13.8. The first-order chi connectivity index (χ1) is 16.9. The van der Waals surface area contributed by atoms with Crippen LogP contribution in [0, 0.1) is 10.8 Å². The highest BCUT2D eigenvalue weighted by Gasteiger charge is 2.27. The van der Waals surface area contributed by atoms with Gasteiger partial charge in [-0.3, -0.25) is 10.8 Å². The number of nitrogen functional groups attached to an aromatic ring is 1. The van der Waals surface area contributed by atoms with Crippen molar-refractivity contribution in [2.45, 2.75) is 25.3 Å². The van der Waals surface area contributed by atoms with Crippen molar-refractivity contribution in [1.82, 2.24) is 4.90 Å². The Morgan fingerprint density at radius 1 is 0.971 bits per heavy atom. The van der Waals surface area contributed by atoms with Gasteiger partial charge in [0.15, 0.2) is 0 Å². The number of nitrogens with zero attached hydrogens (tertiary/aromatic N) is 2. The molecular weight excluding hydrogens is 438 g/mol. The van der Waals surface area contributed by atoms with Gasteiger partial charge in [0, 0.05) is 43.4 Å². The van der Waals surface area contributed by atoms with Gasteiger partial charge in [-0.1, -0.05) is 42.5 Å². The summed E-state index contributed by atoms with van der Waals surface area (Å²) < 4.78 is 5.80. The van der Waals surface area contributed by atoms with E-state index in [9.17, 15) is 4.79 Å². The van der Waals surface area contributed by atoms with E-state index in [4.69, 9.17) is 21.3 Å². The van der Waals surface area contributed by atoms with Gasteiger partial charge >= 0.3 is 5.97 Å². The van der Waals surface area contributed by atoms with Crippen molar-refractivity contribution in [3.05, 3.63) is 95.6 Å². The molecule has 0 spiro atoms. The molecule has 1 heterocycles. The summed E-state index contributed by atoms with van der Waals surface area (Å²) in [6.45, 7) is 1.82. The topological polar surface area (TPSA) is 107 Å². The predicted molar refractivity (Wildman–Crippen MR) is 140 cm³/mol. The summed E-state index contributed by atoms with van der Waals surface area (Å²) in [6.07, 6.45) is 2.69. The zero-order valence-electron chi connectivity index (χ0n) is 19.9. The van der Waals surface area contributed by atoms with Crippen LogP contribution >= 0.6 is 0 Å². The van der Waals surface area contributed by atoms with Gasteiger partial charge in [0.25, 0.3) is 0 Å². The van der Waals surface area contributed by atoms with Crippen molar-refractivity contribution in [3.63, 3.8) is 0 Å². The Balaban J connectivity index is 1.53. The average Bonchev–Trinajstić information content (AvgIpc) is 3.43. The second kappa shape index (κ2) is 10.9. The summed E-state index contributed by atoms with van der Waals surface area (Å²) in [5, 5.41) is 16.2. The summed E-state index contributed by atoms with van der Waals surface area (Å²) in [5.74, 6) is 0.540. The molecule has 1 atom stereocenters. The van der Waals surface area contributed by atoms with Gasteiger partial charge in [0.1, 0.15) is 23.5 Å². The summed E-state index contributed by atoms with van der Waals surface area (Å²) in [5.41, 5.74) is 8.86. The number of hydrogen-bond acceptors (Lipinski definition) is 5. The van der Waals surface area contributed by atoms with Gasteiger partial charge in [-0.15, -0.1) is 0 Å². The molecule has 1 aliphatic heterocycles. The molecule has 1 fully saturated rings. The van der Waals surface area contributed by atoms with Crippen molar-refractivity contribution in [1.29, 1.82) is 10.8 Å². The molecule has 7 heteroatoms. The number of benzene rings is 3. The largest absolute Gasteiger partial charge is 0.425 e. The quantitative estimate of drug-likeness (QED) is 0.200. The van der Waals surface area contributed by atoms with Gasteiger partial charge in [-0.2, -0.15) is 0 Å². The van der Waals surface area contributed by atoms with Crippen LogP contribution in [0.1, 0.15) is 29.5 Å². The van der Waals surface area contributed by atoms with E-state index in [1.807, 2.05) is 66.5 Å². The number of esters is 1. The molecule has 0 bridgehead atoms. The number of likely N-dealkylation sites (tertiary alicyclic amines) is 1. The molecule has 4 rings (SSSR count). The maximum atomic E-state index is 13.4.